The van der Waals surface area contributed by atoms with E-state index in [2.05, 4.69) is 12.2 Å². The Morgan fingerprint density at radius 2 is 1.88 bits per heavy atom. The van der Waals surface area contributed by atoms with Crippen LogP contribution >= 0.6 is 0 Å². The van der Waals surface area contributed by atoms with Gasteiger partial charge in [0.15, 0.2) is 0 Å². The van der Waals surface area contributed by atoms with Crippen LogP contribution in [0.25, 0.3) is 0 Å². The molecule has 2 heteroatoms. The number of hydrogen-bond acceptors (Lipinski definition) is 2. The fourth-order valence-electron chi connectivity index (χ4n) is 3.74. The molecule has 0 aromatic heterocycles. The lowest BCUT2D eigenvalue weighted by Crippen LogP contribution is -2.36. The maximum atomic E-state index is 6.04. The van der Waals surface area contributed by atoms with Gasteiger partial charge in [0.25, 0.3) is 0 Å². The average molecular weight is 237 g/mol. The second-order valence-corrected chi connectivity index (χ2v) is 6.71. The molecule has 17 heavy (non-hydrogen) atoms. The minimum Gasteiger partial charge on any atom is -0.375 e. The van der Waals surface area contributed by atoms with Crippen LogP contribution in [0.1, 0.15) is 64.7 Å². The van der Waals surface area contributed by atoms with Gasteiger partial charge in [-0.05, 0) is 57.3 Å². The first-order valence-electron chi connectivity index (χ1n) is 7.65. The van der Waals surface area contributed by atoms with Gasteiger partial charge in [-0.1, -0.05) is 12.8 Å². The van der Waals surface area contributed by atoms with Crippen molar-refractivity contribution in [1.29, 1.82) is 0 Å². The van der Waals surface area contributed by atoms with E-state index in [0.717, 1.165) is 6.04 Å². The summed E-state index contributed by atoms with van der Waals surface area (Å²) >= 11 is 0. The third kappa shape index (κ3) is 3.03. The Balaban J connectivity index is 1.54. The summed E-state index contributed by atoms with van der Waals surface area (Å²) in [4.78, 5) is 0. The molecule has 2 nitrogen and oxygen atoms in total. The monoisotopic (exact) mass is 237 g/mol. The summed E-state index contributed by atoms with van der Waals surface area (Å²) in [5.74, 6) is 0. The first kappa shape index (κ1) is 12.0. The van der Waals surface area contributed by atoms with Crippen LogP contribution in [-0.2, 0) is 4.74 Å². The summed E-state index contributed by atoms with van der Waals surface area (Å²) < 4.78 is 6.04. The van der Waals surface area contributed by atoms with E-state index in [1.54, 1.807) is 0 Å². The fourth-order valence-corrected chi connectivity index (χ4v) is 3.74. The van der Waals surface area contributed by atoms with Gasteiger partial charge in [-0.2, -0.15) is 0 Å². The van der Waals surface area contributed by atoms with Crippen LogP contribution in [-0.4, -0.2) is 24.8 Å². The molecule has 0 radical (unpaired) electrons. The number of nitrogens with one attached hydrogen (secondary N) is 1. The fraction of sp³-hybridized carbons (Fsp3) is 1.00. The Kier molecular flexibility index (Phi) is 3.45. The van der Waals surface area contributed by atoms with E-state index >= 15 is 0 Å². The Labute approximate surface area is 105 Å². The topological polar surface area (TPSA) is 21.3 Å². The maximum Gasteiger partial charge on any atom is 0.0585 e. The summed E-state index contributed by atoms with van der Waals surface area (Å²) in [6.45, 7) is 3.48. The molecule has 2 saturated carbocycles. The van der Waals surface area contributed by atoms with Gasteiger partial charge in [-0.3, -0.25) is 0 Å². The highest BCUT2D eigenvalue weighted by atomic mass is 16.5. The number of rotatable bonds is 5. The maximum absolute atomic E-state index is 6.04. The predicted octanol–water partition coefficient (Wildman–Crippen LogP) is 3.26. The standard InChI is InChI=1S/C15H27NO/c1-12-4-7-14(17-12)10-15(8-2-3-9-15)11-16-13-5-6-13/h12-14,16H,2-11H2,1H3. The molecular formula is C15H27NO. The summed E-state index contributed by atoms with van der Waals surface area (Å²) in [6, 6.07) is 0.857. The number of ether oxygens (including phenoxy) is 1. The third-order valence-electron chi connectivity index (χ3n) is 4.99. The van der Waals surface area contributed by atoms with Crippen molar-refractivity contribution < 1.29 is 4.74 Å². The highest BCUT2D eigenvalue weighted by molar-refractivity contribution is 4.93. The van der Waals surface area contributed by atoms with E-state index in [-0.39, 0.29) is 0 Å². The molecule has 2 aliphatic carbocycles. The van der Waals surface area contributed by atoms with Crippen LogP contribution in [0, 0.1) is 5.41 Å². The zero-order valence-corrected chi connectivity index (χ0v) is 11.2. The Hall–Kier alpha value is -0.0800. The zero-order valence-electron chi connectivity index (χ0n) is 11.2. The Morgan fingerprint density at radius 1 is 1.12 bits per heavy atom. The molecule has 2 atom stereocenters. The lowest BCUT2D eigenvalue weighted by molar-refractivity contribution is 0.0222. The molecule has 3 aliphatic rings. The normalized spacial score (nSPS) is 36.5. The van der Waals surface area contributed by atoms with E-state index in [1.807, 2.05) is 0 Å². The lowest BCUT2D eigenvalue weighted by Gasteiger charge is -2.32. The van der Waals surface area contributed by atoms with Gasteiger partial charge in [-0.15, -0.1) is 0 Å². The molecule has 0 bridgehead atoms. The molecule has 3 rings (SSSR count). The van der Waals surface area contributed by atoms with Crippen LogP contribution in [0.2, 0.25) is 0 Å². The Morgan fingerprint density at radius 3 is 2.47 bits per heavy atom. The third-order valence-corrected chi connectivity index (χ3v) is 4.99. The lowest BCUT2D eigenvalue weighted by atomic mass is 9.80. The molecule has 2 unspecified atom stereocenters. The first-order chi connectivity index (χ1) is 8.26. The molecule has 0 aromatic rings. The quantitative estimate of drug-likeness (QED) is 0.792. The van der Waals surface area contributed by atoms with Crippen LogP contribution in [0.3, 0.4) is 0 Å². The van der Waals surface area contributed by atoms with Crippen molar-refractivity contribution in [2.45, 2.75) is 83.0 Å². The Bertz CT molecular complexity index is 256. The van der Waals surface area contributed by atoms with E-state index in [4.69, 9.17) is 4.74 Å². The molecule has 0 amide bonds. The van der Waals surface area contributed by atoms with Crippen LogP contribution < -0.4 is 5.32 Å². The van der Waals surface area contributed by atoms with Gasteiger partial charge < -0.3 is 10.1 Å². The van der Waals surface area contributed by atoms with Crippen molar-refractivity contribution >= 4 is 0 Å². The number of hydrogen-bond donors (Lipinski definition) is 1. The molecule has 0 aromatic carbocycles. The molecule has 1 saturated heterocycles. The van der Waals surface area contributed by atoms with Crippen molar-refractivity contribution in [3.8, 4) is 0 Å². The van der Waals surface area contributed by atoms with E-state index in [0.29, 0.717) is 17.6 Å². The molecule has 1 heterocycles. The zero-order chi connectivity index (χ0) is 11.7. The first-order valence-corrected chi connectivity index (χ1v) is 7.65. The van der Waals surface area contributed by atoms with Crippen molar-refractivity contribution in [1.82, 2.24) is 5.32 Å². The highest BCUT2D eigenvalue weighted by Gasteiger charge is 2.39. The van der Waals surface area contributed by atoms with Gasteiger partial charge in [0.05, 0.1) is 12.2 Å². The largest absolute Gasteiger partial charge is 0.375 e. The van der Waals surface area contributed by atoms with Crippen molar-refractivity contribution in [2.75, 3.05) is 6.54 Å². The van der Waals surface area contributed by atoms with Gasteiger partial charge in [-0.25, -0.2) is 0 Å². The van der Waals surface area contributed by atoms with E-state index in [9.17, 15) is 0 Å². The summed E-state index contributed by atoms with van der Waals surface area (Å²) in [6.07, 6.45) is 13.5. The highest BCUT2D eigenvalue weighted by Crippen LogP contribution is 2.44. The van der Waals surface area contributed by atoms with Gasteiger partial charge in [0.1, 0.15) is 0 Å². The summed E-state index contributed by atoms with van der Waals surface area (Å²) in [5, 5.41) is 3.77. The second-order valence-electron chi connectivity index (χ2n) is 6.71. The summed E-state index contributed by atoms with van der Waals surface area (Å²) in [7, 11) is 0. The SMILES string of the molecule is CC1CCC(CC2(CNC3CC3)CCCC2)O1. The van der Waals surface area contributed by atoms with E-state index < -0.39 is 0 Å². The van der Waals surface area contributed by atoms with Crippen LogP contribution in [0.15, 0.2) is 0 Å². The second kappa shape index (κ2) is 4.89. The van der Waals surface area contributed by atoms with Gasteiger partial charge in [0.2, 0.25) is 0 Å². The minimum atomic E-state index is 0.509. The van der Waals surface area contributed by atoms with Gasteiger partial charge >= 0.3 is 0 Å². The van der Waals surface area contributed by atoms with Crippen molar-refractivity contribution in [3.05, 3.63) is 0 Å². The molecule has 98 valence electrons. The smallest absolute Gasteiger partial charge is 0.0585 e. The molecule has 1 N–H and O–H groups in total. The van der Waals surface area contributed by atoms with Crippen LogP contribution in [0.4, 0.5) is 0 Å². The minimum absolute atomic E-state index is 0.509. The molecular weight excluding hydrogens is 210 g/mol. The van der Waals surface area contributed by atoms with Crippen LogP contribution in [0.5, 0.6) is 0 Å². The summed E-state index contributed by atoms with van der Waals surface area (Å²) in [5.41, 5.74) is 0.581. The van der Waals surface area contributed by atoms with Gasteiger partial charge in [0, 0.05) is 12.6 Å². The van der Waals surface area contributed by atoms with Crippen molar-refractivity contribution in [3.63, 3.8) is 0 Å². The van der Waals surface area contributed by atoms with E-state index in [1.165, 1.54) is 64.3 Å². The molecule has 3 fully saturated rings. The van der Waals surface area contributed by atoms with Crippen molar-refractivity contribution in [2.24, 2.45) is 5.41 Å². The molecule has 0 spiro atoms. The molecule has 1 aliphatic heterocycles. The average Bonchev–Trinajstić information content (AvgIpc) is 2.90. The predicted molar refractivity (Wildman–Crippen MR) is 70.1 cm³/mol.